The smallest absolute Gasteiger partial charge is 0.0623 e. The molecule has 0 atom stereocenters. The molecule has 14 aromatic carbocycles. The van der Waals surface area contributed by atoms with Crippen molar-refractivity contribution in [3.05, 3.63) is 255 Å². The number of hydrogen-bond donors (Lipinski definition) is 0. The van der Waals surface area contributed by atoms with Gasteiger partial charge in [0.05, 0.1) is 0 Å². The highest BCUT2D eigenvalue weighted by molar-refractivity contribution is 7.04. The average Bonchev–Trinajstić information content (AvgIpc) is 3.83. The van der Waals surface area contributed by atoms with Gasteiger partial charge in [-0.05, 0) is 188 Å². The van der Waals surface area contributed by atoms with Crippen LogP contribution in [0.15, 0.2) is 255 Å². The number of rotatable bonds is 5. The van der Waals surface area contributed by atoms with Gasteiger partial charge in [0.15, 0.2) is 0 Å². The lowest BCUT2D eigenvalue weighted by Gasteiger charge is -2.23. The molecule has 2 aliphatic rings. The van der Waals surface area contributed by atoms with Gasteiger partial charge in [0, 0.05) is 0 Å². The van der Waals surface area contributed by atoms with Crippen molar-refractivity contribution in [2.24, 2.45) is 0 Å². The maximum atomic E-state index is 2.58. The molecule has 0 saturated heterocycles. The maximum absolute atomic E-state index is 2.58. The molecule has 0 amide bonds. The van der Waals surface area contributed by atoms with E-state index in [0.29, 0.717) is 0 Å². The second kappa shape index (κ2) is 16.8. The van der Waals surface area contributed by atoms with Gasteiger partial charge >= 0.3 is 0 Å². The summed E-state index contributed by atoms with van der Waals surface area (Å²) in [5.41, 5.74) is 18.2. The van der Waals surface area contributed by atoms with Crippen LogP contribution >= 0.6 is 0 Å². The Labute approximate surface area is 457 Å². The number of benzene rings is 14. The van der Waals surface area contributed by atoms with Gasteiger partial charge in [0.1, 0.15) is 16.1 Å². The third kappa shape index (κ3) is 6.45. The molecule has 0 unspecified atom stereocenters. The molecule has 14 aromatic rings. The predicted molar refractivity (Wildman–Crippen MR) is 343 cm³/mol. The van der Waals surface area contributed by atoms with Gasteiger partial charge in [-0.3, -0.25) is 0 Å². The highest BCUT2D eigenvalue weighted by Gasteiger charge is 2.40. The van der Waals surface area contributed by atoms with Crippen LogP contribution in [0.25, 0.3) is 143 Å². The quantitative estimate of drug-likeness (QED) is 0.119. The standard InChI is InChI=1S/C76H54Si2/c1-77(2)69-35-11-9-23-63(69)73-57(33-17-37-71(73)77)55-27-15-31-61-67(55)46-68-56(58-34-18-38-72-74(58)64-24-10-12-36-70(64)78(72,3)4)28-16-32-62(68)76(61)75-59-29-13-25-53(51-41-39-47-19-5-7-21-49(47)43-51)65(59)45-66-54(26-14-30-60(66)75)52-42-40-48-20-6-8-22-50(48)44-52/h5-46H,1-4H3. The molecule has 366 valence electrons. The fraction of sp³-hybridized carbons (Fsp3) is 0.0526. The lowest BCUT2D eigenvalue weighted by molar-refractivity contribution is 1.64. The largest absolute Gasteiger partial charge is 0.113 e. The van der Waals surface area contributed by atoms with Gasteiger partial charge in [-0.25, -0.2) is 0 Å². The molecule has 0 fully saturated rings. The van der Waals surface area contributed by atoms with E-state index in [9.17, 15) is 0 Å². The van der Waals surface area contributed by atoms with Crippen molar-refractivity contribution in [3.63, 3.8) is 0 Å². The number of hydrogen-bond acceptors (Lipinski definition) is 0. The number of fused-ring (bicyclic) bond motifs is 12. The van der Waals surface area contributed by atoms with Crippen LogP contribution < -0.4 is 20.7 Å². The molecule has 2 aliphatic heterocycles. The highest BCUT2D eigenvalue weighted by Crippen LogP contribution is 2.51. The zero-order valence-corrected chi connectivity index (χ0v) is 46.2. The van der Waals surface area contributed by atoms with Crippen molar-refractivity contribution in [1.82, 2.24) is 0 Å². The van der Waals surface area contributed by atoms with Crippen LogP contribution in [0.3, 0.4) is 0 Å². The first-order valence-corrected chi connectivity index (χ1v) is 33.7. The second-order valence-electron chi connectivity index (χ2n) is 23.0. The Balaban J connectivity index is 1.08. The van der Waals surface area contributed by atoms with Gasteiger partial charge in [0.2, 0.25) is 0 Å². The summed E-state index contributed by atoms with van der Waals surface area (Å²) in [6, 6.07) is 97.8. The molecule has 0 spiro atoms. The summed E-state index contributed by atoms with van der Waals surface area (Å²) in [5.74, 6) is 0. The summed E-state index contributed by atoms with van der Waals surface area (Å²) in [6.45, 7) is 10.1. The molecule has 2 heterocycles. The molecule has 2 heteroatoms. The predicted octanol–water partition coefficient (Wildman–Crippen LogP) is 18.5. The van der Waals surface area contributed by atoms with Crippen molar-refractivity contribution in [1.29, 1.82) is 0 Å². The molecule has 16 rings (SSSR count). The Morgan fingerprint density at radius 1 is 0.192 bits per heavy atom. The highest BCUT2D eigenvalue weighted by atomic mass is 28.3. The Morgan fingerprint density at radius 2 is 0.500 bits per heavy atom. The third-order valence-electron chi connectivity index (χ3n) is 18.2. The van der Waals surface area contributed by atoms with Gasteiger partial charge < -0.3 is 0 Å². The first-order valence-electron chi connectivity index (χ1n) is 27.7. The third-order valence-corrected chi connectivity index (χ3v) is 25.3. The Hall–Kier alpha value is -8.93. The Morgan fingerprint density at radius 3 is 0.923 bits per heavy atom. The van der Waals surface area contributed by atoms with Crippen molar-refractivity contribution in [3.8, 4) is 77.9 Å². The van der Waals surface area contributed by atoms with Crippen LogP contribution in [0.4, 0.5) is 0 Å². The minimum atomic E-state index is -1.98. The van der Waals surface area contributed by atoms with E-state index in [1.165, 1.54) is 163 Å². The minimum absolute atomic E-state index is 1.22. The van der Waals surface area contributed by atoms with E-state index >= 15 is 0 Å². The zero-order chi connectivity index (χ0) is 52.0. The average molecular weight is 1020 g/mol. The van der Waals surface area contributed by atoms with Crippen molar-refractivity contribution in [2.45, 2.75) is 26.2 Å². The molecule has 0 bridgehead atoms. The van der Waals surface area contributed by atoms with E-state index < -0.39 is 16.1 Å². The van der Waals surface area contributed by atoms with E-state index in [1.807, 2.05) is 0 Å². The lowest BCUT2D eigenvalue weighted by atomic mass is 9.80. The second-order valence-corrected chi connectivity index (χ2v) is 31.7. The summed E-state index contributed by atoms with van der Waals surface area (Å²) in [5, 5.41) is 21.1. The van der Waals surface area contributed by atoms with E-state index in [-0.39, 0.29) is 0 Å². The van der Waals surface area contributed by atoms with Crippen molar-refractivity contribution >= 4 is 102 Å². The zero-order valence-electron chi connectivity index (χ0n) is 44.2. The van der Waals surface area contributed by atoms with Gasteiger partial charge in [-0.1, -0.05) is 257 Å². The van der Waals surface area contributed by atoms with Crippen LogP contribution in [0.2, 0.25) is 26.2 Å². The first-order chi connectivity index (χ1) is 38.2. The molecule has 0 aromatic heterocycles. The molecule has 0 aliphatic carbocycles. The van der Waals surface area contributed by atoms with Crippen LogP contribution in [0.5, 0.6) is 0 Å². The van der Waals surface area contributed by atoms with E-state index in [1.54, 1.807) is 0 Å². The molecule has 0 nitrogen and oxygen atoms in total. The SMILES string of the molecule is C[Si]1(C)c2ccccc2-c2c(-c3cccc4c(-c5c6cccc(-c7ccc8ccccc8c7)c6cc6c(-c7ccc8ccccc8c7)cccc56)c5cccc(-c6cccc7c6-c6ccccc6[Si]7(C)C)c5cc34)cccc21. The van der Waals surface area contributed by atoms with Gasteiger partial charge in [-0.2, -0.15) is 0 Å². The molecule has 0 N–H and O–H groups in total. The van der Waals surface area contributed by atoms with Crippen LogP contribution in [0.1, 0.15) is 0 Å². The molecule has 0 saturated carbocycles. The molecule has 78 heavy (non-hydrogen) atoms. The van der Waals surface area contributed by atoms with E-state index in [0.717, 1.165) is 0 Å². The summed E-state index contributed by atoms with van der Waals surface area (Å²) in [6.07, 6.45) is 0. The minimum Gasteiger partial charge on any atom is -0.0623 e. The molecular formula is C76H54Si2. The van der Waals surface area contributed by atoms with Crippen molar-refractivity contribution < 1.29 is 0 Å². The molecule has 0 radical (unpaired) electrons. The van der Waals surface area contributed by atoms with E-state index in [4.69, 9.17) is 0 Å². The first kappa shape index (κ1) is 45.3. The fourth-order valence-corrected chi connectivity index (χ4v) is 20.7. The van der Waals surface area contributed by atoms with Gasteiger partial charge in [0.25, 0.3) is 0 Å². The van der Waals surface area contributed by atoms with E-state index in [2.05, 4.69) is 281 Å². The topological polar surface area (TPSA) is 0 Å². The van der Waals surface area contributed by atoms with Crippen LogP contribution in [-0.4, -0.2) is 16.1 Å². The molecular weight excluding hydrogens is 969 g/mol. The fourth-order valence-electron chi connectivity index (χ4n) is 14.5. The van der Waals surface area contributed by atoms with Crippen molar-refractivity contribution in [2.75, 3.05) is 0 Å². The van der Waals surface area contributed by atoms with Crippen LogP contribution in [0, 0.1) is 0 Å². The maximum Gasteiger partial charge on any atom is 0.113 e. The summed E-state index contributed by atoms with van der Waals surface area (Å²) in [4.78, 5) is 0. The summed E-state index contributed by atoms with van der Waals surface area (Å²) < 4.78 is 0. The Kier molecular flexibility index (Phi) is 9.75. The Bertz CT molecular complexity index is 4620. The monoisotopic (exact) mass is 1020 g/mol. The van der Waals surface area contributed by atoms with Crippen LogP contribution in [-0.2, 0) is 0 Å². The normalized spacial score (nSPS) is 13.8. The van der Waals surface area contributed by atoms with Gasteiger partial charge in [-0.15, -0.1) is 0 Å². The summed E-state index contributed by atoms with van der Waals surface area (Å²) in [7, 11) is -3.96. The lowest BCUT2D eigenvalue weighted by Crippen LogP contribution is -2.49. The summed E-state index contributed by atoms with van der Waals surface area (Å²) >= 11 is 0.